The number of rotatable bonds is 2. The molecule has 1 fully saturated rings. The van der Waals surface area contributed by atoms with Gasteiger partial charge in [0.1, 0.15) is 11.4 Å². The van der Waals surface area contributed by atoms with Crippen LogP contribution in [0, 0.1) is 0 Å². The Morgan fingerprint density at radius 2 is 1.87 bits per heavy atom. The largest absolute Gasteiger partial charge is 0.495 e. The molecule has 0 aliphatic carbocycles. The molecule has 5 nitrogen and oxygen atoms in total. The van der Waals surface area contributed by atoms with Gasteiger partial charge in [0.2, 0.25) is 0 Å². The highest BCUT2D eigenvalue weighted by molar-refractivity contribution is 5.68. The van der Waals surface area contributed by atoms with E-state index in [9.17, 15) is 4.79 Å². The summed E-state index contributed by atoms with van der Waals surface area (Å²) in [5, 5.41) is 0. The van der Waals surface area contributed by atoms with Crippen LogP contribution in [0.25, 0.3) is 0 Å². The Kier molecular flexibility index (Phi) is 7.33. The number of hydrogen-bond donors (Lipinski definition) is 0. The van der Waals surface area contributed by atoms with Gasteiger partial charge in [0.25, 0.3) is 0 Å². The lowest BCUT2D eigenvalue weighted by molar-refractivity contribution is 0.0203. The van der Waals surface area contributed by atoms with Crippen molar-refractivity contribution in [2.75, 3.05) is 20.2 Å². The number of likely N-dealkylation sites (tertiary alicyclic amines) is 1. The zero-order valence-corrected chi connectivity index (χ0v) is 15.3. The predicted molar refractivity (Wildman–Crippen MR) is 91.9 cm³/mol. The fraction of sp³-hybridized carbons (Fsp3) is 0.667. The SMILES string of the molecule is CC.COc1cccnc1C1CCN(C(=O)OC(C)(C)C)CC1. The number of piperidine rings is 1. The number of hydrogen-bond acceptors (Lipinski definition) is 4. The maximum absolute atomic E-state index is 12.0. The van der Waals surface area contributed by atoms with Gasteiger partial charge in [-0.1, -0.05) is 13.8 Å². The van der Waals surface area contributed by atoms with Gasteiger partial charge < -0.3 is 14.4 Å². The summed E-state index contributed by atoms with van der Waals surface area (Å²) in [6.07, 6.45) is 3.33. The third-order valence-corrected chi connectivity index (χ3v) is 3.55. The summed E-state index contributed by atoms with van der Waals surface area (Å²) in [6.45, 7) is 11.0. The molecule has 1 aliphatic heterocycles. The fourth-order valence-corrected chi connectivity index (χ4v) is 2.54. The molecule has 0 N–H and O–H groups in total. The van der Waals surface area contributed by atoms with Crippen molar-refractivity contribution in [2.24, 2.45) is 0 Å². The molecule has 0 atom stereocenters. The van der Waals surface area contributed by atoms with Crippen LogP contribution < -0.4 is 4.74 Å². The van der Waals surface area contributed by atoms with Crippen LogP contribution in [0.3, 0.4) is 0 Å². The van der Waals surface area contributed by atoms with Crippen LogP contribution in [0.2, 0.25) is 0 Å². The maximum atomic E-state index is 12.0. The van der Waals surface area contributed by atoms with Crippen molar-refractivity contribution >= 4 is 6.09 Å². The van der Waals surface area contributed by atoms with Gasteiger partial charge in [-0.3, -0.25) is 4.98 Å². The van der Waals surface area contributed by atoms with Crippen molar-refractivity contribution in [3.63, 3.8) is 0 Å². The average molecular weight is 322 g/mol. The molecule has 1 aliphatic rings. The van der Waals surface area contributed by atoms with Crippen molar-refractivity contribution in [2.45, 2.75) is 59.0 Å². The highest BCUT2D eigenvalue weighted by Crippen LogP contribution is 2.32. The van der Waals surface area contributed by atoms with Crippen molar-refractivity contribution in [3.05, 3.63) is 24.0 Å². The van der Waals surface area contributed by atoms with E-state index in [1.807, 2.05) is 46.8 Å². The monoisotopic (exact) mass is 322 g/mol. The molecule has 0 radical (unpaired) electrons. The fourth-order valence-electron chi connectivity index (χ4n) is 2.54. The molecule has 1 aromatic rings. The lowest BCUT2D eigenvalue weighted by Crippen LogP contribution is -2.41. The van der Waals surface area contributed by atoms with Crippen LogP contribution in [0.15, 0.2) is 18.3 Å². The average Bonchev–Trinajstić information content (AvgIpc) is 2.55. The van der Waals surface area contributed by atoms with E-state index in [-0.39, 0.29) is 6.09 Å². The summed E-state index contributed by atoms with van der Waals surface area (Å²) in [5.41, 5.74) is 0.543. The third kappa shape index (κ3) is 5.73. The van der Waals surface area contributed by atoms with Crippen molar-refractivity contribution in [1.29, 1.82) is 0 Å². The van der Waals surface area contributed by atoms with Crippen LogP contribution in [-0.2, 0) is 4.74 Å². The van der Waals surface area contributed by atoms with Gasteiger partial charge in [0.05, 0.1) is 12.8 Å². The van der Waals surface area contributed by atoms with Crippen LogP contribution in [-0.4, -0.2) is 41.8 Å². The minimum atomic E-state index is -0.446. The molecule has 23 heavy (non-hydrogen) atoms. The minimum Gasteiger partial charge on any atom is -0.495 e. The van der Waals surface area contributed by atoms with Gasteiger partial charge >= 0.3 is 6.09 Å². The standard InChI is InChI=1S/C16H24N2O3.C2H6/c1-16(2,3)21-15(19)18-10-7-12(8-11-18)14-13(20-4)6-5-9-17-14;1-2/h5-6,9,12H,7-8,10-11H2,1-4H3;1-2H3. The first-order valence-electron chi connectivity index (χ1n) is 8.37. The molecule has 2 rings (SSSR count). The van der Waals surface area contributed by atoms with E-state index in [1.165, 1.54) is 0 Å². The zero-order chi connectivity index (χ0) is 17.5. The molecule has 0 spiro atoms. The molecule has 5 heteroatoms. The first-order valence-corrected chi connectivity index (χ1v) is 8.37. The molecular formula is C18H30N2O3. The van der Waals surface area contributed by atoms with E-state index < -0.39 is 5.60 Å². The molecule has 1 amide bonds. The van der Waals surface area contributed by atoms with E-state index in [1.54, 1.807) is 18.2 Å². The van der Waals surface area contributed by atoms with Crippen molar-refractivity contribution in [1.82, 2.24) is 9.88 Å². The number of methoxy groups -OCH3 is 1. The first-order chi connectivity index (χ1) is 10.9. The van der Waals surface area contributed by atoms with Gasteiger partial charge in [0, 0.05) is 25.2 Å². The Labute approximate surface area is 140 Å². The lowest BCUT2D eigenvalue weighted by Gasteiger charge is -2.33. The summed E-state index contributed by atoms with van der Waals surface area (Å²) >= 11 is 0. The summed E-state index contributed by atoms with van der Waals surface area (Å²) in [4.78, 5) is 18.3. The Bertz CT molecular complexity index is 489. The van der Waals surface area contributed by atoms with Gasteiger partial charge in [0.15, 0.2) is 0 Å². The highest BCUT2D eigenvalue weighted by atomic mass is 16.6. The normalized spacial score (nSPS) is 15.5. The number of carbonyl (C=O) groups is 1. The Hall–Kier alpha value is -1.78. The minimum absolute atomic E-state index is 0.228. The number of ether oxygens (including phenoxy) is 2. The maximum Gasteiger partial charge on any atom is 0.410 e. The van der Waals surface area contributed by atoms with Gasteiger partial charge in [-0.15, -0.1) is 0 Å². The van der Waals surface area contributed by atoms with Crippen molar-refractivity contribution in [3.8, 4) is 5.75 Å². The van der Waals surface area contributed by atoms with E-state index in [4.69, 9.17) is 9.47 Å². The number of nitrogens with zero attached hydrogens (tertiary/aromatic N) is 2. The number of aromatic nitrogens is 1. The molecule has 0 unspecified atom stereocenters. The second-order valence-electron chi connectivity index (χ2n) is 6.33. The number of pyridine rings is 1. The summed E-state index contributed by atoms with van der Waals surface area (Å²) < 4.78 is 10.8. The lowest BCUT2D eigenvalue weighted by atomic mass is 9.92. The van der Waals surface area contributed by atoms with Crippen LogP contribution in [0.5, 0.6) is 5.75 Å². The van der Waals surface area contributed by atoms with Crippen LogP contribution in [0.4, 0.5) is 4.79 Å². The number of carbonyl (C=O) groups excluding carboxylic acids is 1. The predicted octanol–water partition coefficient (Wildman–Crippen LogP) is 4.23. The quantitative estimate of drug-likeness (QED) is 0.817. The third-order valence-electron chi connectivity index (χ3n) is 3.55. The van der Waals surface area contributed by atoms with Crippen LogP contribution in [0.1, 0.15) is 59.1 Å². The molecule has 0 bridgehead atoms. The number of amides is 1. The molecule has 2 heterocycles. The zero-order valence-electron chi connectivity index (χ0n) is 15.3. The summed E-state index contributed by atoms with van der Waals surface area (Å²) in [7, 11) is 1.66. The highest BCUT2D eigenvalue weighted by Gasteiger charge is 2.29. The molecule has 1 aromatic heterocycles. The second kappa shape index (κ2) is 8.75. The van der Waals surface area contributed by atoms with E-state index in [0.717, 1.165) is 24.3 Å². The molecule has 1 saturated heterocycles. The Morgan fingerprint density at radius 1 is 1.26 bits per heavy atom. The summed E-state index contributed by atoms with van der Waals surface area (Å²) in [5.74, 6) is 1.16. The topological polar surface area (TPSA) is 51.7 Å². The van der Waals surface area contributed by atoms with E-state index in [2.05, 4.69) is 4.98 Å². The van der Waals surface area contributed by atoms with Gasteiger partial charge in [-0.05, 0) is 45.7 Å². The molecular weight excluding hydrogens is 292 g/mol. The van der Waals surface area contributed by atoms with Crippen molar-refractivity contribution < 1.29 is 14.3 Å². The smallest absolute Gasteiger partial charge is 0.410 e. The van der Waals surface area contributed by atoms with Gasteiger partial charge in [-0.2, -0.15) is 0 Å². The first kappa shape index (κ1) is 19.3. The molecule has 0 saturated carbocycles. The van der Waals surface area contributed by atoms with Crippen LogP contribution >= 0.6 is 0 Å². The van der Waals surface area contributed by atoms with Gasteiger partial charge in [-0.25, -0.2) is 4.79 Å². The molecule has 130 valence electrons. The summed E-state index contributed by atoms with van der Waals surface area (Å²) in [6, 6.07) is 3.81. The van der Waals surface area contributed by atoms with E-state index in [0.29, 0.717) is 19.0 Å². The Balaban J connectivity index is 0.00000127. The van der Waals surface area contributed by atoms with E-state index >= 15 is 0 Å². The second-order valence-corrected chi connectivity index (χ2v) is 6.33. The Morgan fingerprint density at radius 3 is 2.39 bits per heavy atom. The molecule has 0 aromatic carbocycles.